The minimum atomic E-state index is -0.805. The standard InChI is InChI=1S/C30H41NO8/c1-13(2)10-20(32)31-21(14(3)4)25(34)36-26-28(15(5)6)22(38-28)23-30(39-23)27(7)9-8-16-17(12-35-24(16)33)18(27)11-19-29(26,30)37-19/h13-15,18-19,21-23,26H,8-12H2,1-7H3,(H,31,32)/t18?,19-,21+,22-,23-,26+,27-,28-,29+,30+/m0/s1. The van der Waals surface area contributed by atoms with Gasteiger partial charge in [0.1, 0.15) is 36.1 Å². The fraction of sp³-hybridized carbons (Fsp3) is 0.833. The van der Waals surface area contributed by atoms with Crippen LogP contribution in [0.15, 0.2) is 11.1 Å². The zero-order valence-electron chi connectivity index (χ0n) is 24.0. The summed E-state index contributed by atoms with van der Waals surface area (Å²) in [5, 5.41) is 2.93. The molecule has 0 aromatic heterocycles. The monoisotopic (exact) mass is 543 g/mol. The first-order valence-corrected chi connectivity index (χ1v) is 14.8. The molecule has 1 N–H and O–H groups in total. The van der Waals surface area contributed by atoms with E-state index in [1.807, 2.05) is 27.7 Å². The van der Waals surface area contributed by atoms with Crippen LogP contribution in [0.25, 0.3) is 0 Å². The highest BCUT2D eigenvalue weighted by Gasteiger charge is 3.01. The topological polar surface area (TPSA) is 119 Å². The van der Waals surface area contributed by atoms with E-state index in [4.69, 9.17) is 23.7 Å². The number of carbonyl (C=O) groups is 3. The van der Waals surface area contributed by atoms with Gasteiger partial charge in [-0.2, -0.15) is 0 Å². The molecule has 10 atom stereocenters. The van der Waals surface area contributed by atoms with Crippen LogP contribution < -0.4 is 5.32 Å². The van der Waals surface area contributed by atoms with Crippen molar-refractivity contribution in [3.05, 3.63) is 11.1 Å². The summed E-state index contributed by atoms with van der Waals surface area (Å²) in [5.41, 5.74) is -0.528. The predicted molar refractivity (Wildman–Crippen MR) is 137 cm³/mol. The molecule has 214 valence electrons. The van der Waals surface area contributed by atoms with Gasteiger partial charge in [-0.05, 0) is 48.5 Å². The number of amides is 1. The number of esters is 2. The lowest BCUT2D eigenvalue weighted by Crippen LogP contribution is -2.70. The number of epoxide rings is 3. The van der Waals surface area contributed by atoms with Crippen molar-refractivity contribution in [3.63, 3.8) is 0 Å². The van der Waals surface area contributed by atoms with E-state index in [1.54, 1.807) is 0 Å². The van der Waals surface area contributed by atoms with Crippen molar-refractivity contribution >= 4 is 17.8 Å². The third-order valence-corrected chi connectivity index (χ3v) is 11.1. The molecule has 39 heavy (non-hydrogen) atoms. The highest BCUT2D eigenvalue weighted by Crippen LogP contribution is 2.83. The largest absolute Gasteiger partial charge is 0.458 e. The van der Waals surface area contributed by atoms with Gasteiger partial charge in [0.2, 0.25) is 5.91 Å². The van der Waals surface area contributed by atoms with Gasteiger partial charge in [-0.3, -0.25) is 4.79 Å². The van der Waals surface area contributed by atoms with Crippen molar-refractivity contribution in [3.8, 4) is 0 Å². The van der Waals surface area contributed by atoms with E-state index in [0.29, 0.717) is 19.4 Å². The molecule has 2 spiro atoms. The average molecular weight is 544 g/mol. The molecule has 7 aliphatic rings. The van der Waals surface area contributed by atoms with Crippen molar-refractivity contribution in [2.45, 2.75) is 121 Å². The van der Waals surface area contributed by atoms with E-state index in [9.17, 15) is 14.4 Å². The molecule has 0 aromatic rings. The van der Waals surface area contributed by atoms with Gasteiger partial charge < -0.3 is 29.0 Å². The van der Waals surface area contributed by atoms with Gasteiger partial charge in [0.15, 0.2) is 11.7 Å². The molecule has 0 aromatic carbocycles. The Morgan fingerprint density at radius 2 is 1.82 bits per heavy atom. The number of hydrogen-bond acceptors (Lipinski definition) is 8. The van der Waals surface area contributed by atoms with Crippen molar-refractivity contribution in [2.75, 3.05) is 6.61 Å². The van der Waals surface area contributed by atoms with Crippen molar-refractivity contribution < 1.29 is 38.1 Å². The summed E-state index contributed by atoms with van der Waals surface area (Å²) in [5.74, 6) is -0.576. The quantitative estimate of drug-likeness (QED) is 0.385. The molecule has 3 saturated heterocycles. The summed E-state index contributed by atoms with van der Waals surface area (Å²) < 4.78 is 31.9. The van der Waals surface area contributed by atoms with Gasteiger partial charge in [0, 0.05) is 17.4 Å². The van der Waals surface area contributed by atoms with Crippen LogP contribution in [0.5, 0.6) is 0 Å². The normalized spacial score (nSPS) is 46.8. The number of ether oxygens (including phenoxy) is 5. The second-order valence-electron chi connectivity index (χ2n) is 14.2. The minimum absolute atomic E-state index is 0.0711. The molecule has 1 unspecified atom stereocenters. The highest BCUT2D eigenvalue weighted by atomic mass is 16.8. The van der Waals surface area contributed by atoms with Crippen LogP contribution in [0.3, 0.4) is 0 Å². The predicted octanol–water partition coefficient (Wildman–Crippen LogP) is 2.84. The maximum absolute atomic E-state index is 13.9. The van der Waals surface area contributed by atoms with Crippen LogP contribution >= 0.6 is 0 Å². The Hall–Kier alpha value is -1.97. The van der Waals surface area contributed by atoms with Crippen LogP contribution in [0.1, 0.15) is 74.1 Å². The Kier molecular flexibility index (Phi) is 5.23. The van der Waals surface area contributed by atoms with E-state index >= 15 is 0 Å². The molecule has 2 saturated carbocycles. The molecule has 3 aliphatic carbocycles. The van der Waals surface area contributed by atoms with Crippen LogP contribution in [-0.4, -0.2) is 71.7 Å². The van der Waals surface area contributed by atoms with Gasteiger partial charge in [-0.1, -0.05) is 48.5 Å². The average Bonchev–Trinajstić information content (AvgIpc) is 3.75. The molecule has 0 bridgehead atoms. The molecule has 7 rings (SSSR count). The van der Waals surface area contributed by atoms with E-state index in [1.165, 1.54) is 0 Å². The number of rotatable bonds is 7. The highest BCUT2D eigenvalue weighted by molar-refractivity contribution is 5.92. The zero-order chi connectivity index (χ0) is 27.9. The van der Waals surface area contributed by atoms with E-state index in [0.717, 1.165) is 24.0 Å². The fourth-order valence-electron chi connectivity index (χ4n) is 9.13. The summed E-state index contributed by atoms with van der Waals surface area (Å²) in [6, 6.07) is -0.768. The Balaban J connectivity index is 1.24. The smallest absolute Gasteiger partial charge is 0.334 e. The summed E-state index contributed by atoms with van der Waals surface area (Å²) in [6.45, 7) is 14.6. The minimum Gasteiger partial charge on any atom is -0.458 e. The number of fused-ring (bicyclic) bond motifs is 4. The van der Waals surface area contributed by atoms with E-state index in [2.05, 4.69) is 26.1 Å². The SMILES string of the molecule is CC(C)CC(=O)N[C@@H](C(=O)O[C@@H]1[C@@]2(C(C)C)O[C@H]2[C@@H]2O[C@]23[C@]12O[C@H]2CC1C2=C(CC[C@@]13C)C(=O)OC2)C(C)C. The lowest BCUT2D eigenvalue weighted by atomic mass is 9.46. The number of cyclic esters (lactones) is 1. The summed E-state index contributed by atoms with van der Waals surface area (Å²) >= 11 is 0. The third-order valence-electron chi connectivity index (χ3n) is 11.1. The molecule has 9 nitrogen and oxygen atoms in total. The van der Waals surface area contributed by atoms with Crippen LogP contribution in [0.2, 0.25) is 0 Å². The van der Waals surface area contributed by atoms with E-state index in [-0.39, 0.29) is 59.3 Å². The summed E-state index contributed by atoms with van der Waals surface area (Å²) in [4.78, 5) is 38.9. The Bertz CT molecular complexity index is 1190. The molecule has 1 amide bonds. The maximum atomic E-state index is 13.9. The van der Waals surface area contributed by atoms with Gasteiger partial charge in [-0.25, -0.2) is 9.59 Å². The van der Waals surface area contributed by atoms with Gasteiger partial charge in [0.25, 0.3) is 0 Å². The molecule has 9 heteroatoms. The molecular formula is C30H41NO8. The maximum Gasteiger partial charge on any atom is 0.334 e. The Labute approximate surface area is 229 Å². The first-order valence-electron chi connectivity index (χ1n) is 14.8. The molecular weight excluding hydrogens is 502 g/mol. The van der Waals surface area contributed by atoms with Crippen molar-refractivity contribution in [1.82, 2.24) is 5.32 Å². The second-order valence-corrected chi connectivity index (χ2v) is 14.2. The number of hydrogen-bond donors (Lipinski definition) is 1. The lowest BCUT2D eigenvalue weighted by molar-refractivity contribution is -0.173. The van der Waals surface area contributed by atoms with Crippen molar-refractivity contribution in [2.24, 2.45) is 29.1 Å². The summed E-state index contributed by atoms with van der Waals surface area (Å²) in [6.07, 6.45) is 1.36. The zero-order valence-corrected chi connectivity index (χ0v) is 24.0. The van der Waals surface area contributed by atoms with Crippen LogP contribution in [-0.2, 0) is 38.1 Å². The second kappa shape index (κ2) is 7.85. The number of carbonyl (C=O) groups excluding carboxylic acids is 3. The first kappa shape index (κ1) is 26.0. The van der Waals surface area contributed by atoms with Gasteiger partial charge >= 0.3 is 11.9 Å². The van der Waals surface area contributed by atoms with Crippen molar-refractivity contribution in [1.29, 1.82) is 0 Å². The molecule has 5 fully saturated rings. The first-order chi connectivity index (χ1) is 18.3. The number of nitrogens with one attached hydrogen (secondary N) is 1. The molecule has 4 aliphatic heterocycles. The summed E-state index contributed by atoms with van der Waals surface area (Å²) in [7, 11) is 0. The van der Waals surface area contributed by atoms with Gasteiger partial charge in [-0.15, -0.1) is 0 Å². The van der Waals surface area contributed by atoms with Gasteiger partial charge in [0.05, 0.1) is 6.10 Å². The van der Waals surface area contributed by atoms with Crippen LogP contribution in [0.4, 0.5) is 0 Å². The fourth-order valence-corrected chi connectivity index (χ4v) is 9.13. The Morgan fingerprint density at radius 3 is 2.49 bits per heavy atom. The van der Waals surface area contributed by atoms with E-state index < -0.39 is 34.9 Å². The third kappa shape index (κ3) is 3.00. The molecule has 0 radical (unpaired) electrons. The molecule has 4 heterocycles. The lowest BCUT2D eigenvalue weighted by Gasteiger charge is -2.53. The Morgan fingerprint density at radius 1 is 1.08 bits per heavy atom. The van der Waals surface area contributed by atoms with Crippen LogP contribution in [0, 0.1) is 29.1 Å².